The molecule has 1 heterocycles. The maximum absolute atomic E-state index is 5.71. The molecule has 3 nitrogen and oxygen atoms in total. The van der Waals surface area contributed by atoms with Gasteiger partial charge in [0.05, 0.1) is 0 Å². The molecule has 0 aliphatic heterocycles. The van der Waals surface area contributed by atoms with E-state index in [0.29, 0.717) is 6.54 Å². The van der Waals surface area contributed by atoms with Crippen molar-refractivity contribution in [1.82, 2.24) is 4.98 Å². The van der Waals surface area contributed by atoms with Gasteiger partial charge in [-0.15, -0.1) is 0 Å². The number of aromatic nitrogens is 1. The van der Waals surface area contributed by atoms with Gasteiger partial charge in [0.1, 0.15) is 5.82 Å². The smallest absolute Gasteiger partial charge is 0.129 e. The van der Waals surface area contributed by atoms with Crippen LogP contribution in [-0.2, 0) is 13.1 Å². The molecule has 100 valence electrons. The van der Waals surface area contributed by atoms with Crippen LogP contribution >= 0.6 is 0 Å². The lowest BCUT2D eigenvalue weighted by Gasteiger charge is -2.19. The highest BCUT2D eigenvalue weighted by Crippen LogP contribution is 2.16. The van der Waals surface area contributed by atoms with Crippen LogP contribution in [-0.4, -0.2) is 12.0 Å². The third kappa shape index (κ3) is 3.55. The third-order valence-corrected chi connectivity index (χ3v) is 3.13. The Morgan fingerprint density at radius 2 is 1.89 bits per heavy atom. The normalized spacial score (nSPS) is 10.5. The number of anilines is 1. The van der Waals surface area contributed by atoms with Crippen LogP contribution in [0, 0.1) is 13.8 Å². The molecule has 1 aromatic heterocycles. The maximum Gasteiger partial charge on any atom is 0.129 e. The Hall–Kier alpha value is -1.87. The summed E-state index contributed by atoms with van der Waals surface area (Å²) in [5.41, 5.74) is 10.4. The van der Waals surface area contributed by atoms with Crippen molar-refractivity contribution in [3.63, 3.8) is 0 Å². The van der Waals surface area contributed by atoms with Crippen LogP contribution < -0.4 is 10.6 Å². The second-order valence-corrected chi connectivity index (χ2v) is 5.02. The zero-order valence-corrected chi connectivity index (χ0v) is 11.9. The Balaban J connectivity index is 2.20. The van der Waals surface area contributed by atoms with Crippen molar-refractivity contribution in [2.75, 3.05) is 11.9 Å². The molecule has 0 saturated heterocycles. The molecule has 0 radical (unpaired) electrons. The lowest BCUT2D eigenvalue weighted by atomic mass is 10.1. The molecule has 0 atom stereocenters. The van der Waals surface area contributed by atoms with Crippen LogP contribution in [0.3, 0.4) is 0 Å². The molecule has 0 aliphatic rings. The molecule has 0 fully saturated rings. The highest BCUT2D eigenvalue weighted by Gasteiger charge is 2.06. The van der Waals surface area contributed by atoms with Gasteiger partial charge in [-0.25, -0.2) is 4.98 Å². The molecular formula is C16H21N3. The van der Waals surface area contributed by atoms with E-state index in [1.54, 1.807) is 0 Å². The molecule has 0 unspecified atom stereocenters. The molecular weight excluding hydrogens is 234 g/mol. The molecule has 0 spiro atoms. The van der Waals surface area contributed by atoms with Crippen molar-refractivity contribution in [1.29, 1.82) is 0 Å². The highest BCUT2D eigenvalue weighted by molar-refractivity contribution is 5.43. The SMILES string of the molecule is Cc1cccc(CN(C)c2cc(CN)cc(C)n2)c1. The molecule has 3 heteroatoms. The first-order chi connectivity index (χ1) is 9.08. The van der Waals surface area contributed by atoms with Crippen LogP contribution in [0.5, 0.6) is 0 Å². The Labute approximate surface area is 115 Å². The molecule has 19 heavy (non-hydrogen) atoms. The Morgan fingerprint density at radius 3 is 2.58 bits per heavy atom. The molecule has 2 rings (SSSR count). The summed E-state index contributed by atoms with van der Waals surface area (Å²) in [7, 11) is 2.06. The van der Waals surface area contributed by atoms with E-state index < -0.39 is 0 Å². The number of nitrogens with two attached hydrogens (primary N) is 1. The molecule has 0 bridgehead atoms. The van der Waals surface area contributed by atoms with Crippen molar-refractivity contribution in [3.8, 4) is 0 Å². The number of nitrogens with zero attached hydrogens (tertiary/aromatic N) is 2. The van der Waals surface area contributed by atoms with E-state index in [9.17, 15) is 0 Å². The second-order valence-electron chi connectivity index (χ2n) is 5.02. The quantitative estimate of drug-likeness (QED) is 0.913. The number of hydrogen-bond acceptors (Lipinski definition) is 3. The Bertz CT molecular complexity index is 564. The summed E-state index contributed by atoms with van der Waals surface area (Å²) in [4.78, 5) is 6.72. The number of hydrogen-bond donors (Lipinski definition) is 1. The van der Waals surface area contributed by atoms with Gasteiger partial charge in [0.15, 0.2) is 0 Å². The summed E-state index contributed by atoms with van der Waals surface area (Å²) >= 11 is 0. The molecule has 2 N–H and O–H groups in total. The van der Waals surface area contributed by atoms with Crippen LogP contribution in [0.1, 0.15) is 22.4 Å². The van der Waals surface area contributed by atoms with E-state index in [4.69, 9.17) is 5.73 Å². The minimum absolute atomic E-state index is 0.550. The van der Waals surface area contributed by atoms with Crippen LogP contribution in [0.25, 0.3) is 0 Å². The van der Waals surface area contributed by atoms with Crippen LogP contribution in [0.4, 0.5) is 5.82 Å². The average Bonchev–Trinajstić information content (AvgIpc) is 2.38. The molecule has 0 aliphatic carbocycles. The van der Waals surface area contributed by atoms with Gasteiger partial charge in [0.25, 0.3) is 0 Å². The van der Waals surface area contributed by atoms with Crippen molar-refractivity contribution < 1.29 is 0 Å². The van der Waals surface area contributed by atoms with E-state index >= 15 is 0 Å². The van der Waals surface area contributed by atoms with Gasteiger partial charge in [-0.2, -0.15) is 0 Å². The predicted molar refractivity (Wildman–Crippen MR) is 80.2 cm³/mol. The van der Waals surface area contributed by atoms with Gasteiger partial charge in [0, 0.05) is 25.8 Å². The minimum atomic E-state index is 0.550. The highest BCUT2D eigenvalue weighted by atomic mass is 15.2. The summed E-state index contributed by atoms with van der Waals surface area (Å²) in [5, 5.41) is 0. The lowest BCUT2D eigenvalue weighted by Crippen LogP contribution is -2.18. The Kier molecular flexibility index (Phi) is 4.17. The van der Waals surface area contributed by atoms with Gasteiger partial charge >= 0.3 is 0 Å². The van der Waals surface area contributed by atoms with Crippen molar-refractivity contribution >= 4 is 5.82 Å². The summed E-state index contributed by atoms with van der Waals surface area (Å²) in [6.45, 7) is 5.51. The minimum Gasteiger partial charge on any atom is -0.355 e. The van der Waals surface area contributed by atoms with Crippen molar-refractivity contribution in [2.45, 2.75) is 26.9 Å². The largest absolute Gasteiger partial charge is 0.355 e. The monoisotopic (exact) mass is 255 g/mol. The maximum atomic E-state index is 5.71. The summed E-state index contributed by atoms with van der Waals surface area (Å²) in [6, 6.07) is 12.6. The fraction of sp³-hybridized carbons (Fsp3) is 0.312. The average molecular weight is 255 g/mol. The molecule has 0 amide bonds. The topological polar surface area (TPSA) is 42.1 Å². The fourth-order valence-corrected chi connectivity index (χ4v) is 2.20. The van der Waals surface area contributed by atoms with Crippen molar-refractivity contribution in [2.24, 2.45) is 5.73 Å². The van der Waals surface area contributed by atoms with E-state index in [-0.39, 0.29) is 0 Å². The van der Waals surface area contributed by atoms with Gasteiger partial charge in [-0.1, -0.05) is 29.8 Å². The third-order valence-electron chi connectivity index (χ3n) is 3.13. The first kappa shape index (κ1) is 13.6. The number of rotatable bonds is 4. The second kappa shape index (κ2) is 5.85. The van der Waals surface area contributed by atoms with E-state index in [0.717, 1.165) is 23.6 Å². The summed E-state index contributed by atoms with van der Waals surface area (Å²) < 4.78 is 0. The van der Waals surface area contributed by atoms with E-state index in [1.165, 1.54) is 11.1 Å². The van der Waals surface area contributed by atoms with Crippen molar-refractivity contribution in [3.05, 3.63) is 58.8 Å². The summed E-state index contributed by atoms with van der Waals surface area (Å²) in [6.07, 6.45) is 0. The number of aryl methyl sites for hydroxylation is 2. The molecule has 1 aromatic carbocycles. The van der Waals surface area contributed by atoms with Gasteiger partial charge in [-0.05, 0) is 37.1 Å². The Morgan fingerprint density at radius 1 is 1.11 bits per heavy atom. The zero-order valence-electron chi connectivity index (χ0n) is 11.9. The first-order valence-corrected chi connectivity index (χ1v) is 6.53. The van der Waals surface area contributed by atoms with Gasteiger partial charge in [-0.3, -0.25) is 0 Å². The standard InChI is InChI=1S/C16H21N3/c1-12-5-4-6-14(7-12)11-19(3)16-9-15(10-17)8-13(2)18-16/h4-9H,10-11,17H2,1-3H3. The van der Waals surface area contributed by atoms with Crippen LogP contribution in [0.15, 0.2) is 36.4 Å². The molecule has 2 aromatic rings. The van der Waals surface area contributed by atoms with Crippen LogP contribution in [0.2, 0.25) is 0 Å². The lowest BCUT2D eigenvalue weighted by molar-refractivity contribution is 0.884. The first-order valence-electron chi connectivity index (χ1n) is 6.53. The predicted octanol–water partition coefficient (Wildman–Crippen LogP) is 2.79. The fourth-order valence-electron chi connectivity index (χ4n) is 2.20. The van der Waals surface area contributed by atoms with Gasteiger partial charge < -0.3 is 10.6 Å². The van der Waals surface area contributed by atoms with E-state index in [2.05, 4.69) is 54.2 Å². The molecule has 0 saturated carbocycles. The number of pyridine rings is 1. The van der Waals surface area contributed by atoms with Gasteiger partial charge in [0.2, 0.25) is 0 Å². The zero-order chi connectivity index (χ0) is 13.8. The number of benzene rings is 1. The van der Waals surface area contributed by atoms with E-state index in [1.807, 2.05) is 13.0 Å². The summed E-state index contributed by atoms with van der Waals surface area (Å²) in [5.74, 6) is 0.974.